The Hall–Kier alpha value is -1.13. The highest BCUT2D eigenvalue weighted by atomic mass is 16.3. The second-order valence-electron chi connectivity index (χ2n) is 6.23. The maximum atomic E-state index is 9.48. The Balaban J connectivity index is 2.32. The zero-order chi connectivity index (χ0) is 14.7. The van der Waals surface area contributed by atoms with Crippen molar-refractivity contribution in [3.8, 4) is 0 Å². The van der Waals surface area contributed by atoms with Crippen molar-refractivity contribution in [3.63, 3.8) is 0 Å². The maximum absolute atomic E-state index is 9.48. The molecule has 1 aromatic heterocycles. The van der Waals surface area contributed by atoms with E-state index in [0.29, 0.717) is 12.0 Å². The molecular weight excluding hydrogens is 250 g/mol. The third-order valence-electron chi connectivity index (χ3n) is 4.01. The smallest absolute Gasteiger partial charge is 0.129 e. The summed E-state index contributed by atoms with van der Waals surface area (Å²) in [5.74, 6) is 1.40. The summed E-state index contributed by atoms with van der Waals surface area (Å²) >= 11 is 0. The Morgan fingerprint density at radius 1 is 1.35 bits per heavy atom. The predicted molar refractivity (Wildman–Crippen MR) is 83.2 cm³/mol. The molecule has 20 heavy (non-hydrogen) atoms. The monoisotopic (exact) mass is 277 g/mol. The van der Waals surface area contributed by atoms with Gasteiger partial charge in [-0.1, -0.05) is 13.8 Å². The van der Waals surface area contributed by atoms with Crippen LogP contribution in [-0.2, 0) is 6.61 Å². The topological polar surface area (TPSA) is 39.6 Å². The van der Waals surface area contributed by atoms with Gasteiger partial charge in [-0.05, 0) is 50.6 Å². The Kier molecular flexibility index (Phi) is 5.00. The summed E-state index contributed by atoms with van der Waals surface area (Å²) in [7, 11) is 2.18. The van der Waals surface area contributed by atoms with Gasteiger partial charge in [-0.2, -0.15) is 0 Å². The summed E-state index contributed by atoms with van der Waals surface area (Å²) in [4.78, 5) is 9.58. The third-order valence-corrected chi connectivity index (χ3v) is 4.01. The lowest BCUT2D eigenvalue weighted by Crippen LogP contribution is -2.38. The summed E-state index contributed by atoms with van der Waals surface area (Å²) < 4.78 is 0. The predicted octanol–water partition coefficient (Wildman–Crippen LogP) is 2.23. The molecule has 1 aliphatic rings. The molecule has 2 heterocycles. The number of aromatic nitrogens is 1. The minimum Gasteiger partial charge on any atom is -0.392 e. The number of rotatable bonds is 3. The molecule has 1 saturated heterocycles. The van der Waals surface area contributed by atoms with E-state index in [1.807, 2.05) is 12.1 Å². The second kappa shape index (κ2) is 6.55. The minimum atomic E-state index is 0.0807. The van der Waals surface area contributed by atoms with Gasteiger partial charge in [0, 0.05) is 24.8 Å². The van der Waals surface area contributed by atoms with Crippen LogP contribution < -0.4 is 4.90 Å². The average molecular weight is 277 g/mol. The van der Waals surface area contributed by atoms with Gasteiger partial charge in [0.25, 0.3) is 0 Å². The van der Waals surface area contributed by atoms with Gasteiger partial charge >= 0.3 is 0 Å². The van der Waals surface area contributed by atoms with E-state index in [-0.39, 0.29) is 6.61 Å². The molecule has 112 valence electrons. The SMILES string of the molecule is CC(C)c1cc(CO)cc(N2CCCN(C)CC2C)n1. The second-order valence-corrected chi connectivity index (χ2v) is 6.23. The summed E-state index contributed by atoms with van der Waals surface area (Å²) in [6.07, 6.45) is 1.16. The number of hydrogen-bond donors (Lipinski definition) is 1. The van der Waals surface area contributed by atoms with Crippen LogP contribution in [0.3, 0.4) is 0 Å². The van der Waals surface area contributed by atoms with Crippen LogP contribution in [0.25, 0.3) is 0 Å². The zero-order valence-corrected chi connectivity index (χ0v) is 13.1. The van der Waals surface area contributed by atoms with Crippen molar-refractivity contribution < 1.29 is 5.11 Å². The minimum absolute atomic E-state index is 0.0807. The van der Waals surface area contributed by atoms with Gasteiger partial charge in [-0.3, -0.25) is 0 Å². The molecule has 4 heteroatoms. The van der Waals surface area contributed by atoms with Crippen LogP contribution in [0.15, 0.2) is 12.1 Å². The Bertz CT molecular complexity index is 447. The zero-order valence-electron chi connectivity index (χ0n) is 13.1. The van der Waals surface area contributed by atoms with Gasteiger partial charge in [0.05, 0.1) is 6.61 Å². The van der Waals surface area contributed by atoms with E-state index in [1.54, 1.807) is 0 Å². The molecule has 0 aliphatic carbocycles. The first-order valence-corrected chi connectivity index (χ1v) is 7.58. The average Bonchev–Trinajstić information content (AvgIpc) is 2.58. The van der Waals surface area contributed by atoms with E-state index in [4.69, 9.17) is 4.98 Å². The van der Waals surface area contributed by atoms with E-state index < -0.39 is 0 Å². The molecule has 0 amide bonds. The van der Waals surface area contributed by atoms with E-state index in [0.717, 1.165) is 43.1 Å². The first-order valence-electron chi connectivity index (χ1n) is 7.58. The van der Waals surface area contributed by atoms with Gasteiger partial charge in [0.1, 0.15) is 5.82 Å². The number of hydrogen-bond acceptors (Lipinski definition) is 4. The van der Waals surface area contributed by atoms with Crippen molar-refractivity contribution >= 4 is 5.82 Å². The largest absolute Gasteiger partial charge is 0.392 e. The Morgan fingerprint density at radius 2 is 2.10 bits per heavy atom. The molecule has 0 bridgehead atoms. The number of aliphatic hydroxyl groups is 1. The Morgan fingerprint density at radius 3 is 2.75 bits per heavy atom. The summed E-state index contributed by atoms with van der Waals surface area (Å²) in [6, 6.07) is 4.50. The van der Waals surface area contributed by atoms with Crippen molar-refractivity contribution in [1.82, 2.24) is 9.88 Å². The molecule has 0 spiro atoms. The van der Waals surface area contributed by atoms with Crippen molar-refractivity contribution in [2.24, 2.45) is 0 Å². The molecule has 1 N–H and O–H groups in total. The first-order chi connectivity index (χ1) is 9.51. The van der Waals surface area contributed by atoms with Crippen molar-refractivity contribution in [2.75, 3.05) is 31.6 Å². The van der Waals surface area contributed by atoms with Gasteiger partial charge < -0.3 is 14.9 Å². The van der Waals surface area contributed by atoms with Gasteiger partial charge in [0.15, 0.2) is 0 Å². The summed E-state index contributed by atoms with van der Waals surface area (Å²) in [5.41, 5.74) is 2.03. The number of likely N-dealkylation sites (N-methyl/N-ethyl adjacent to an activating group) is 1. The molecule has 4 nitrogen and oxygen atoms in total. The van der Waals surface area contributed by atoms with Crippen molar-refractivity contribution in [3.05, 3.63) is 23.4 Å². The third kappa shape index (κ3) is 3.49. The fraction of sp³-hybridized carbons (Fsp3) is 0.688. The number of nitrogens with zero attached hydrogens (tertiary/aromatic N) is 3. The highest BCUT2D eigenvalue weighted by Crippen LogP contribution is 2.23. The number of aliphatic hydroxyl groups excluding tert-OH is 1. The van der Waals surface area contributed by atoms with E-state index in [1.165, 1.54) is 0 Å². The Labute approximate surface area is 122 Å². The standard InChI is InChI=1S/C16H27N3O/c1-12(2)15-8-14(11-20)9-16(17-15)19-7-5-6-18(4)10-13(19)3/h8-9,12-13,20H,5-7,10-11H2,1-4H3. The van der Waals surface area contributed by atoms with Gasteiger partial charge in [-0.15, -0.1) is 0 Å². The summed E-state index contributed by atoms with van der Waals surface area (Å²) in [5, 5.41) is 9.48. The normalized spacial score (nSPS) is 21.3. The molecule has 1 fully saturated rings. The molecule has 1 aliphatic heterocycles. The molecule has 1 atom stereocenters. The van der Waals surface area contributed by atoms with E-state index >= 15 is 0 Å². The fourth-order valence-electron chi connectivity index (χ4n) is 2.84. The molecule has 1 unspecified atom stereocenters. The molecule has 2 rings (SSSR count). The van der Waals surface area contributed by atoms with E-state index in [2.05, 4.69) is 37.6 Å². The van der Waals surface area contributed by atoms with Crippen LogP contribution in [0.1, 0.15) is 44.4 Å². The molecule has 0 saturated carbocycles. The maximum Gasteiger partial charge on any atom is 0.129 e. The lowest BCUT2D eigenvalue weighted by atomic mass is 10.1. The highest BCUT2D eigenvalue weighted by Gasteiger charge is 2.21. The van der Waals surface area contributed by atoms with E-state index in [9.17, 15) is 5.11 Å². The molecule has 0 aromatic carbocycles. The molecular formula is C16H27N3O. The van der Waals surface area contributed by atoms with Crippen LogP contribution in [0, 0.1) is 0 Å². The van der Waals surface area contributed by atoms with Crippen molar-refractivity contribution in [1.29, 1.82) is 0 Å². The number of pyridine rings is 1. The first kappa shape index (κ1) is 15.3. The fourth-order valence-corrected chi connectivity index (χ4v) is 2.84. The van der Waals surface area contributed by atoms with Crippen LogP contribution in [0.5, 0.6) is 0 Å². The van der Waals surface area contributed by atoms with Gasteiger partial charge in [0.2, 0.25) is 0 Å². The quantitative estimate of drug-likeness (QED) is 0.919. The number of anilines is 1. The molecule has 1 aromatic rings. The molecule has 0 radical (unpaired) electrons. The highest BCUT2D eigenvalue weighted by molar-refractivity contribution is 5.44. The van der Waals surface area contributed by atoms with Crippen LogP contribution >= 0.6 is 0 Å². The van der Waals surface area contributed by atoms with Gasteiger partial charge in [-0.25, -0.2) is 4.98 Å². The summed E-state index contributed by atoms with van der Waals surface area (Å²) in [6.45, 7) is 9.85. The van der Waals surface area contributed by atoms with Crippen LogP contribution in [0.2, 0.25) is 0 Å². The lowest BCUT2D eigenvalue weighted by Gasteiger charge is -2.30. The van der Waals surface area contributed by atoms with Crippen LogP contribution in [-0.4, -0.2) is 47.7 Å². The van der Waals surface area contributed by atoms with Crippen LogP contribution in [0.4, 0.5) is 5.82 Å². The lowest BCUT2D eigenvalue weighted by molar-refractivity contribution is 0.281. The van der Waals surface area contributed by atoms with Crippen molar-refractivity contribution in [2.45, 2.75) is 45.8 Å².